The van der Waals surface area contributed by atoms with Crippen molar-refractivity contribution in [2.75, 3.05) is 25.5 Å². The molecule has 6 heteroatoms. The molecule has 1 aromatic carbocycles. The first-order chi connectivity index (χ1) is 11.2. The van der Waals surface area contributed by atoms with E-state index in [1.54, 1.807) is 25.3 Å². The standard InChI is InChI=1S/C17H20N4O2/c1-3-11-19-17(22)14-8-9-16(21-20-14)18-12-10-13-6-4-5-7-15(13)23-2/h3-9H,1,10-12H2,2H3,(H,18,21)(H,19,22). The van der Waals surface area contributed by atoms with Crippen LogP contribution in [0, 0.1) is 0 Å². The molecule has 0 spiro atoms. The van der Waals surface area contributed by atoms with Gasteiger partial charge in [-0.2, -0.15) is 0 Å². The second-order valence-electron chi connectivity index (χ2n) is 4.79. The summed E-state index contributed by atoms with van der Waals surface area (Å²) in [4.78, 5) is 11.7. The summed E-state index contributed by atoms with van der Waals surface area (Å²) in [7, 11) is 1.66. The van der Waals surface area contributed by atoms with Gasteiger partial charge >= 0.3 is 0 Å². The van der Waals surface area contributed by atoms with Gasteiger partial charge in [0, 0.05) is 13.1 Å². The van der Waals surface area contributed by atoms with Gasteiger partial charge in [-0.3, -0.25) is 4.79 Å². The Balaban J connectivity index is 1.86. The minimum Gasteiger partial charge on any atom is -0.496 e. The van der Waals surface area contributed by atoms with Crippen molar-refractivity contribution < 1.29 is 9.53 Å². The number of hydrogen-bond acceptors (Lipinski definition) is 5. The number of nitrogens with one attached hydrogen (secondary N) is 2. The molecule has 0 unspecified atom stereocenters. The van der Waals surface area contributed by atoms with Crippen LogP contribution in [-0.2, 0) is 6.42 Å². The molecule has 2 rings (SSSR count). The average molecular weight is 312 g/mol. The molecule has 1 amide bonds. The number of carbonyl (C=O) groups excluding carboxylic acids is 1. The minimum atomic E-state index is -0.266. The molecule has 0 saturated carbocycles. The highest BCUT2D eigenvalue weighted by Gasteiger charge is 2.07. The summed E-state index contributed by atoms with van der Waals surface area (Å²) in [6.07, 6.45) is 2.41. The summed E-state index contributed by atoms with van der Waals surface area (Å²) in [6, 6.07) is 11.3. The average Bonchev–Trinajstić information content (AvgIpc) is 2.60. The van der Waals surface area contributed by atoms with Gasteiger partial charge in [0.1, 0.15) is 11.6 Å². The zero-order valence-electron chi connectivity index (χ0n) is 13.1. The number of hydrogen-bond donors (Lipinski definition) is 2. The van der Waals surface area contributed by atoms with Crippen molar-refractivity contribution in [3.05, 3.63) is 60.3 Å². The third-order valence-corrected chi connectivity index (χ3v) is 3.20. The van der Waals surface area contributed by atoms with Crippen LogP contribution in [0.2, 0.25) is 0 Å². The van der Waals surface area contributed by atoms with Crippen LogP contribution in [0.5, 0.6) is 5.75 Å². The van der Waals surface area contributed by atoms with Crippen molar-refractivity contribution in [1.29, 1.82) is 0 Å². The van der Waals surface area contributed by atoms with E-state index in [0.29, 0.717) is 18.9 Å². The number of ether oxygens (including phenoxy) is 1. The highest BCUT2D eigenvalue weighted by molar-refractivity contribution is 5.92. The topological polar surface area (TPSA) is 76.1 Å². The third-order valence-electron chi connectivity index (χ3n) is 3.20. The maximum Gasteiger partial charge on any atom is 0.272 e. The quantitative estimate of drug-likeness (QED) is 0.730. The lowest BCUT2D eigenvalue weighted by Crippen LogP contribution is -2.24. The maximum absolute atomic E-state index is 11.7. The molecule has 120 valence electrons. The third kappa shape index (κ3) is 4.81. The van der Waals surface area contributed by atoms with Gasteiger partial charge in [-0.05, 0) is 30.2 Å². The van der Waals surface area contributed by atoms with Crippen molar-refractivity contribution in [1.82, 2.24) is 15.5 Å². The first kappa shape index (κ1) is 16.5. The van der Waals surface area contributed by atoms with E-state index in [1.165, 1.54) is 0 Å². The number of anilines is 1. The lowest BCUT2D eigenvalue weighted by Gasteiger charge is -2.09. The molecule has 2 aromatic rings. The Bertz CT molecular complexity index is 656. The van der Waals surface area contributed by atoms with Gasteiger partial charge in [0.25, 0.3) is 5.91 Å². The number of para-hydroxylation sites is 1. The number of aromatic nitrogens is 2. The monoisotopic (exact) mass is 312 g/mol. The fourth-order valence-electron chi connectivity index (χ4n) is 2.04. The number of nitrogens with zero attached hydrogens (tertiary/aromatic N) is 2. The van der Waals surface area contributed by atoms with Crippen LogP contribution in [0.1, 0.15) is 16.1 Å². The van der Waals surface area contributed by atoms with Crippen molar-refractivity contribution in [2.24, 2.45) is 0 Å². The molecule has 0 atom stereocenters. The van der Waals surface area contributed by atoms with Crippen LogP contribution in [0.25, 0.3) is 0 Å². The smallest absolute Gasteiger partial charge is 0.272 e. The van der Waals surface area contributed by atoms with E-state index in [2.05, 4.69) is 27.4 Å². The fourth-order valence-corrected chi connectivity index (χ4v) is 2.04. The summed E-state index contributed by atoms with van der Waals surface area (Å²) in [5.74, 6) is 1.23. The normalized spacial score (nSPS) is 9.96. The second kappa shape index (κ2) is 8.53. The van der Waals surface area contributed by atoms with Gasteiger partial charge in [-0.15, -0.1) is 16.8 Å². The Labute approximate surface area is 135 Å². The molecule has 2 N–H and O–H groups in total. The van der Waals surface area contributed by atoms with E-state index in [1.807, 2.05) is 24.3 Å². The molecule has 23 heavy (non-hydrogen) atoms. The Morgan fingerprint density at radius 3 is 2.78 bits per heavy atom. The van der Waals surface area contributed by atoms with Crippen molar-refractivity contribution in [2.45, 2.75) is 6.42 Å². The molecule has 1 aromatic heterocycles. The highest BCUT2D eigenvalue weighted by atomic mass is 16.5. The minimum absolute atomic E-state index is 0.266. The van der Waals surface area contributed by atoms with Crippen LogP contribution < -0.4 is 15.4 Å². The van der Waals surface area contributed by atoms with Gasteiger partial charge < -0.3 is 15.4 Å². The number of amides is 1. The van der Waals surface area contributed by atoms with Crippen molar-refractivity contribution in [3.8, 4) is 5.75 Å². The second-order valence-corrected chi connectivity index (χ2v) is 4.79. The Hall–Kier alpha value is -2.89. The molecular weight excluding hydrogens is 292 g/mol. The van der Waals surface area contributed by atoms with Crippen LogP contribution in [0.3, 0.4) is 0 Å². The molecule has 0 fully saturated rings. The number of rotatable bonds is 8. The van der Waals surface area contributed by atoms with Crippen molar-refractivity contribution >= 4 is 11.7 Å². The largest absolute Gasteiger partial charge is 0.496 e. The van der Waals surface area contributed by atoms with Gasteiger partial charge in [-0.25, -0.2) is 0 Å². The zero-order chi connectivity index (χ0) is 16.5. The molecule has 0 radical (unpaired) electrons. The van der Waals surface area contributed by atoms with E-state index in [4.69, 9.17) is 4.74 Å². The molecule has 0 bridgehead atoms. The van der Waals surface area contributed by atoms with Crippen LogP contribution >= 0.6 is 0 Å². The molecule has 0 aliphatic carbocycles. The lowest BCUT2D eigenvalue weighted by molar-refractivity contribution is 0.0952. The summed E-state index contributed by atoms with van der Waals surface area (Å²) >= 11 is 0. The Kier molecular flexibility index (Phi) is 6.11. The van der Waals surface area contributed by atoms with Gasteiger partial charge in [0.2, 0.25) is 0 Å². The summed E-state index contributed by atoms with van der Waals surface area (Å²) in [5.41, 5.74) is 1.40. The van der Waals surface area contributed by atoms with Crippen LogP contribution in [-0.4, -0.2) is 36.3 Å². The summed E-state index contributed by atoms with van der Waals surface area (Å²) < 4.78 is 5.32. The molecule has 6 nitrogen and oxygen atoms in total. The van der Waals surface area contributed by atoms with E-state index >= 15 is 0 Å². The predicted molar refractivity (Wildman–Crippen MR) is 89.7 cm³/mol. The molecule has 0 aliphatic heterocycles. The van der Waals surface area contributed by atoms with Crippen LogP contribution in [0.4, 0.5) is 5.82 Å². The van der Waals surface area contributed by atoms with E-state index < -0.39 is 0 Å². The summed E-state index contributed by atoms with van der Waals surface area (Å²) in [5, 5.41) is 13.7. The van der Waals surface area contributed by atoms with Crippen LogP contribution in [0.15, 0.2) is 49.1 Å². The first-order valence-electron chi connectivity index (χ1n) is 7.33. The summed E-state index contributed by atoms with van der Waals surface area (Å²) in [6.45, 7) is 4.64. The Morgan fingerprint density at radius 1 is 1.26 bits per heavy atom. The SMILES string of the molecule is C=CCNC(=O)c1ccc(NCCc2ccccc2OC)nn1. The number of benzene rings is 1. The van der Waals surface area contributed by atoms with E-state index in [-0.39, 0.29) is 11.6 Å². The first-order valence-corrected chi connectivity index (χ1v) is 7.33. The lowest BCUT2D eigenvalue weighted by atomic mass is 10.1. The fraction of sp³-hybridized carbons (Fsp3) is 0.235. The van der Waals surface area contributed by atoms with Gasteiger partial charge in [-0.1, -0.05) is 24.3 Å². The molecule has 1 heterocycles. The molecule has 0 aliphatic rings. The highest BCUT2D eigenvalue weighted by Crippen LogP contribution is 2.17. The molecule has 0 saturated heterocycles. The van der Waals surface area contributed by atoms with E-state index in [9.17, 15) is 4.79 Å². The number of methoxy groups -OCH3 is 1. The van der Waals surface area contributed by atoms with Gasteiger partial charge in [0.15, 0.2) is 5.69 Å². The van der Waals surface area contributed by atoms with Crippen molar-refractivity contribution in [3.63, 3.8) is 0 Å². The number of carbonyl (C=O) groups is 1. The maximum atomic E-state index is 11.7. The predicted octanol–water partition coefficient (Wildman–Crippen LogP) is 2.06. The Morgan fingerprint density at radius 2 is 2.09 bits per heavy atom. The van der Waals surface area contributed by atoms with Gasteiger partial charge in [0.05, 0.1) is 7.11 Å². The zero-order valence-corrected chi connectivity index (χ0v) is 13.1. The molecular formula is C17H20N4O2. The van der Waals surface area contributed by atoms with E-state index in [0.717, 1.165) is 17.7 Å².